The van der Waals surface area contributed by atoms with Gasteiger partial charge in [-0.1, -0.05) is 0 Å². The first-order valence-corrected chi connectivity index (χ1v) is 4.73. The maximum absolute atomic E-state index is 11.5. The lowest BCUT2D eigenvalue weighted by Crippen LogP contribution is -2.15. The molecule has 2 heterocycles. The van der Waals surface area contributed by atoms with Crippen LogP contribution in [0.25, 0.3) is 0 Å². The SMILES string of the molecule is Nc1ccc(CC(=O)Nc2ccn[nH]2)nc1. The number of hydrogen-bond acceptors (Lipinski definition) is 4. The summed E-state index contributed by atoms with van der Waals surface area (Å²) in [5.74, 6) is 0.418. The summed E-state index contributed by atoms with van der Waals surface area (Å²) in [4.78, 5) is 15.6. The van der Waals surface area contributed by atoms with Gasteiger partial charge < -0.3 is 11.1 Å². The third-order valence-corrected chi connectivity index (χ3v) is 1.96. The van der Waals surface area contributed by atoms with Crippen LogP contribution < -0.4 is 11.1 Å². The van der Waals surface area contributed by atoms with Gasteiger partial charge in [0.1, 0.15) is 5.82 Å². The standard InChI is InChI=1S/C10H11N5O/c11-7-1-2-8(12-6-7)5-10(16)14-9-3-4-13-15-9/h1-4,6H,5,11H2,(H2,13,14,15,16). The van der Waals surface area contributed by atoms with Gasteiger partial charge >= 0.3 is 0 Å². The van der Waals surface area contributed by atoms with E-state index in [1.165, 1.54) is 6.20 Å². The summed E-state index contributed by atoms with van der Waals surface area (Å²) in [6, 6.07) is 5.11. The Morgan fingerprint density at radius 2 is 2.31 bits per heavy atom. The zero-order valence-corrected chi connectivity index (χ0v) is 8.47. The molecule has 0 spiro atoms. The van der Waals surface area contributed by atoms with Gasteiger partial charge in [0.2, 0.25) is 5.91 Å². The number of amides is 1. The molecule has 0 fully saturated rings. The largest absolute Gasteiger partial charge is 0.397 e. The average Bonchev–Trinajstić information content (AvgIpc) is 2.74. The van der Waals surface area contributed by atoms with Gasteiger partial charge in [0.05, 0.1) is 24.5 Å². The number of hydrogen-bond donors (Lipinski definition) is 3. The molecular formula is C10H11N5O. The van der Waals surface area contributed by atoms with Crippen molar-refractivity contribution < 1.29 is 4.79 Å². The van der Waals surface area contributed by atoms with E-state index >= 15 is 0 Å². The minimum Gasteiger partial charge on any atom is -0.397 e. The highest BCUT2D eigenvalue weighted by Crippen LogP contribution is 2.04. The molecule has 0 unspecified atom stereocenters. The van der Waals surface area contributed by atoms with Gasteiger partial charge in [0.25, 0.3) is 0 Å². The van der Waals surface area contributed by atoms with Crippen molar-refractivity contribution in [2.24, 2.45) is 0 Å². The second-order valence-electron chi connectivity index (χ2n) is 3.28. The van der Waals surface area contributed by atoms with Crippen molar-refractivity contribution in [1.29, 1.82) is 0 Å². The first-order chi connectivity index (χ1) is 7.74. The van der Waals surface area contributed by atoms with Crippen molar-refractivity contribution in [3.63, 3.8) is 0 Å². The zero-order chi connectivity index (χ0) is 11.4. The minimum absolute atomic E-state index is 0.151. The third-order valence-electron chi connectivity index (χ3n) is 1.96. The molecule has 2 rings (SSSR count). The summed E-state index contributed by atoms with van der Waals surface area (Å²) >= 11 is 0. The van der Waals surface area contributed by atoms with E-state index in [-0.39, 0.29) is 12.3 Å². The number of carbonyl (C=O) groups excluding carboxylic acids is 1. The molecule has 0 atom stereocenters. The Morgan fingerprint density at radius 3 is 2.94 bits per heavy atom. The first-order valence-electron chi connectivity index (χ1n) is 4.73. The number of rotatable bonds is 3. The van der Waals surface area contributed by atoms with Crippen LogP contribution in [0.15, 0.2) is 30.6 Å². The Balaban J connectivity index is 1.95. The van der Waals surface area contributed by atoms with Crippen molar-refractivity contribution in [1.82, 2.24) is 15.2 Å². The lowest BCUT2D eigenvalue weighted by molar-refractivity contribution is -0.115. The Kier molecular flexibility index (Phi) is 2.81. The molecule has 82 valence electrons. The van der Waals surface area contributed by atoms with E-state index < -0.39 is 0 Å². The van der Waals surface area contributed by atoms with Gasteiger partial charge in [0.15, 0.2) is 0 Å². The van der Waals surface area contributed by atoms with Crippen LogP contribution in [0.5, 0.6) is 0 Å². The number of nitrogens with one attached hydrogen (secondary N) is 2. The van der Waals surface area contributed by atoms with Crippen LogP contribution in [0.3, 0.4) is 0 Å². The summed E-state index contributed by atoms with van der Waals surface area (Å²) in [5.41, 5.74) is 6.74. The first kappa shape index (κ1) is 10.2. The fraction of sp³-hybridized carbons (Fsp3) is 0.100. The number of nitrogens with zero attached hydrogens (tertiary/aromatic N) is 2. The number of aromatic amines is 1. The van der Waals surface area contributed by atoms with Gasteiger partial charge in [-0.05, 0) is 12.1 Å². The highest BCUT2D eigenvalue weighted by Gasteiger charge is 2.05. The Bertz CT molecular complexity index is 462. The molecule has 4 N–H and O–H groups in total. The van der Waals surface area contributed by atoms with Crippen LogP contribution >= 0.6 is 0 Å². The highest BCUT2D eigenvalue weighted by atomic mass is 16.1. The molecule has 0 bridgehead atoms. The van der Waals surface area contributed by atoms with E-state index in [9.17, 15) is 4.79 Å². The molecule has 6 nitrogen and oxygen atoms in total. The maximum atomic E-state index is 11.5. The third kappa shape index (κ3) is 2.57. The molecule has 16 heavy (non-hydrogen) atoms. The molecule has 6 heteroatoms. The Morgan fingerprint density at radius 1 is 1.44 bits per heavy atom. The second kappa shape index (κ2) is 4.43. The zero-order valence-electron chi connectivity index (χ0n) is 8.47. The summed E-state index contributed by atoms with van der Waals surface area (Å²) in [6.45, 7) is 0. The summed E-state index contributed by atoms with van der Waals surface area (Å²) in [6.07, 6.45) is 3.30. The second-order valence-corrected chi connectivity index (χ2v) is 3.28. The number of anilines is 2. The number of pyridine rings is 1. The van der Waals surface area contributed by atoms with Crippen molar-refractivity contribution in [3.8, 4) is 0 Å². The van der Waals surface area contributed by atoms with Crippen LogP contribution in [0.4, 0.5) is 11.5 Å². The van der Waals surface area contributed by atoms with E-state index in [0.717, 1.165) is 0 Å². The van der Waals surface area contributed by atoms with Gasteiger partial charge in [-0.15, -0.1) is 0 Å². The lowest BCUT2D eigenvalue weighted by atomic mass is 10.2. The fourth-order valence-corrected chi connectivity index (χ4v) is 1.22. The summed E-state index contributed by atoms with van der Waals surface area (Å²) in [5, 5.41) is 9.02. The van der Waals surface area contributed by atoms with Crippen LogP contribution in [0.1, 0.15) is 5.69 Å². The number of H-pyrrole nitrogens is 1. The molecule has 0 aromatic carbocycles. The predicted molar refractivity (Wildman–Crippen MR) is 59.6 cm³/mol. The molecule has 1 amide bonds. The minimum atomic E-state index is -0.151. The molecule has 0 aliphatic heterocycles. The van der Waals surface area contributed by atoms with E-state index in [1.807, 2.05) is 0 Å². The van der Waals surface area contributed by atoms with Crippen molar-refractivity contribution in [3.05, 3.63) is 36.3 Å². The molecule has 0 radical (unpaired) electrons. The summed E-state index contributed by atoms with van der Waals surface area (Å²) in [7, 11) is 0. The molecule has 0 aliphatic rings. The summed E-state index contributed by atoms with van der Waals surface area (Å²) < 4.78 is 0. The monoisotopic (exact) mass is 217 g/mol. The van der Waals surface area contributed by atoms with Crippen molar-refractivity contribution in [2.75, 3.05) is 11.1 Å². The quantitative estimate of drug-likeness (QED) is 0.700. The normalized spacial score (nSPS) is 10.0. The van der Waals surface area contributed by atoms with Crippen LogP contribution in [-0.4, -0.2) is 21.1 Å². The molecule has 0 aliphatic carbocycles. The molecule has 0 saturated carbocycles. The number of nitrogens with two attached hydrogens (primary N) is 1. The van der Waals surface area contributed by atoms with Gasteiger partial charge in [0, 0.05) is 11.8 Å². The van der Waals surface area contributed by atoms with Crippen molar-refractivity contribution in [2.45, 2.75) is 6.42 Å². The average molecular weight is 217 g/mol. The van der Waals surface area contributed by atoms with E-state index in [1.54, 1.807) is 24.4 Å². The highest BCUT2D eigenvalue weighted by molar-refractivity contribution is 5.91. The molecular weight excluding hydrogens is 206 g/mol. The fourth-order valence-electron chi connectivity index (χ4n) is 1.22. The van der Waals surface area contributed by atoms with E-state index in [0.29, 0.717) is 17.2 Å². The van der Waals surface area contributed by atoms with Gasteiger partial charge in [-0.3, -0.25) is 14.9 Å². The molecule has 2 aromatic rings. The van der Waals surface area contributed by atoms with Gasteiger partial charge in [-0.25, -0.2) is 0 Å². The Hall–Kier alpha value is -2.37. The Labute approximate surface area is 91.9 Å². The van der Waals surface area contributed by atoms with E-state index in [2.05, 4.69) is 20.5 Å². The van der Waals surface area contributed by atoms with Crippen LogP contribution in [0, 0.1) is 0 Å². The van der Waals surface area contributed by atoms with Gasteiger partial charge in [-0.2, -0.15) is 5.10 Å². The molecule has 0 saturated heterocycles. The predicted octanol–water partition coefficient (Wildman–Crippen LogP) is 0.568. The van der Waals surface area contributed by atoms with E-state index in [4.69, 9.17) is 5.73 Å². The smallest absolute Gasteiger partial charge is 0.231 e. The van der Waals surface area contributed by atoms with Crippen LogP contribution in [0.2, 0.25) is 0 Å². The van der Waals surface area contributed by atoms with Crippen LogP contribution in [-0.2, 0) is 11.2 Å². The van der Waals surface area contributed by atoms with Crippen molar-refractivity contribution >= 4 is 17.4 Å². The lowest BCUT2D eigenvalue weighted by Gasteiger charge is -2.02. The topological polar surface area (TPSA) is 96.7 Å². The maximum Gasteiger partial charge on any atom is 0.231 e. The number of aromatic nitrogens is 3. The number of nitrogen functional groups attached to an aromatic ring is 1. The number of carbonyl (C=O) groups is 1. The molecule has 2 aromatic heterocycles.